The van der Waals surface area contributed by atoms with Crippen LogP contribution in [0.15, 0.2) is 91.0 Å². The summed E-state index contributed by atoms with van der Waals surface area (Å²) in [5.74, 6) is -1.04. The first-order chi connectivity index (χ1) is 16.1. The number of aryl methyl sites for hydroxylation is 2. The monoisotopic (exact) mass is 438 g/mol. The lowest BCUT2D eigenvalue weighted by atomic mass is 9.95. The van der Waals surface area contributed by atoms with Crippen molar-refractivity contribution in [2.24, 2.45) is 0 Å². The summed E-state index contributed by atoms with van der Waals surface area (Å²) in [5, 5.41) is 31.1. The van der Waals surface area contributed by atoms with Crippen molar-refractivity contribution in [3.05, 3.63) is 113 Å². The minimum atomic E-state index is -0.471. The highest BCUT2D eigenvalue weighted by Crippen LogP contribution is 2.45. The van der Waals surface area contributed by atoms with Gasteiger partial charge in [-0.2, -0.15) is 0 Å². The summed E-state index contributed by atoms with van der Waals surface area (Å²) in [7, 11) is 0. The number of phenols is 3. The number of hydrogen-bond donors (Lipinski definition) is 3. The first kappa shape index (κ1) is 22.5. The molecule has 0 aromatic heterocycles. The predicted molar refractivity (Wildman–Crippen MR) is 134 cm³/mol. The Bertz CT molecular complexity index is 1170. The molecule has 3 N–H and O–H groups in total. The van der Waals surface area contributed by atoms with Crippen molar-refractivity contribution < 1.29 is 15.3 Å². The van der Waals surface area contributed by atoms with Gasteiger partial charge in [-0.25, -0.2) is 0 Å². The van der Waals surface area contributed by atoms with E-state index in [1.165, 1.54) is 24.0 Å². The van der Waals surface area contributed by atoms with E-state index in [1.54, 1.807) is 6.07 Å². The highest BCUT2D eigenvalue weighted by atomic mass is 16.3. The summed E-state index contributed by atoms with van der Waals surface area (Å²) in [6.45, 7) is 0. The van der Waals surface area contributed by atoms with Crippen LogP contribution in [0, 0.1) is 0 Å². The van der Waals surface area contributed by atoms with Crippen LogP contribution in [0.4, 0.5) is 0 Å². The van der Waals surface area contributed by atoms with Gasteiger partial charge in [0.15, 0.2) is 11.5 Å². The molecule has 3 heteroatoms. The Kier molecular flexibility index (Phi) is 7.31. The zero-order valence-electron chi connectivity index (χ0n) is 18.7. The number of aromatic hydroxyl groups is 3. The normalized spacial score (nSPS) is 10.9. The third-order valence-electron chi connectivity index (χ3n) is 6.10. The van der Waals surface area contributed by atoms with Crippen LogP contribution in [-0.4, -0.2) is 15.3 Å². The molecule has 0 heterocycles. The van der Waals surface area contributed by atoms with E-state index in [-0.39, 0.29) is 11.5 Å². The molecule has 0 aliphatic rings. The third kappa shape index (κ3) is 5.75. The Labute approximate surface area is 195 Å². The van der Waals surface area contributed by atoms with Gasteiger partial charge in [-0.15, -0.1) is 0 Å². The molecule has 4 aromatic carbocycles. The number of unbranched alkanes of at least 4 members (excludes halogenated alkanes) is 2. The van der Waals surface area contributed by atoms with Gasteiger partial charge in [-0.05, 0) is 54.0 Å². The highest BCUT2D eigenvalue weighted by molar-refractivity contribution is 5.77. The van der Waals surface area contributed by atoms with Crippen LogP contribution in [0.2, 0.25) is 0 Å². The molecular formula is C30H30O3. The molecule has 0 radical (unpaired) electrons. The van der Waals surface area contributed by atoms with Gasteiger partial charge < -0.3 is 15.3 Å². The van der Waals surface area contributed by atoms with Crippen molar-refractivity contribution in [3.8, 4) is 28.4 Å². The lowest BCUT2D eigenvalue weighted by Gasteiger charge is -2.13. The second kappa shape index (κ2) is 10.7. The fourth-order valence-corrected chi connectivity index (χ4v) is 4.20. The lowest BCUT2D eigenvalue weighted by Crippen LogP contribution is -1.92. The van der Waals surface area contributed by atoms with Crippen LogP contribution in [-0.2, 0) is 19.3 Å². The van der Waals surface area contributed by atoms with E-state index >= 15 is 0 Å². The van der Waals surface area contributed by atoms with E-state index in [4.69, 9.17) is 0 Å². The van der Waals surface area contributed by atoms with Crippen LogP contribution in [0.25, 0.3) is 11.1 Å². The zero-order chi connectivity index (χ0) is 23.0. The Morgan fingerprint density at radius 1 is 0.485 bits per heavy atom. The molecule has 4 aromatic rings. The quantitative estimate of drug-likeness (QED) is 0.194. The summed E-state index contributed by atoms with van der Waals surface area (Å²) < 4.78 is 0. The van der Waals surface area contributed by atoms with E-state index in [2.05, 4.69) is 42.5 Å². The molecule has 0 spiro atoms. The van der Waals surface area contributed by atoms with Crippen LogP contribution < -0.4 is 0 Å². The summed E-state index contributed by atoms with van der Waals surface area (Å²) in [6, 6.07) is 30.2. The van der Waals surface area contributed by atoms with Gasteiger partial charge in [-0.1, -0.05) is 91.3 Å². The van der Waals surface area contributed by atoms with Gasteiger partial charge >= 0.3 is 0 Å². The van der Waals surface area contributed by atoms with Gasteiger partial charge in [-0.3, -0.25) is 0 Å². The topological polar surface area (TPSA) is 60.7 Å². The van der Waals surface area contributed by atoms with Gasteiger partial charge in [0.1, 0.15) is 0 Å². The van der Waals surface area contributed by atoms with Gasteiger partial charge in [0.2, 0.25) is 5.75 Å². The summed E-state index contributed by atoms with van der Waals surface area (Å²) in [6.07, 6.45) is 6.11. The summed E-state index contributed by atoms with van der Waals surface area (Å²) >= 11 is 0. The smallest absolute Gasteiger partial charge is 0.201 e. The molecule has 0 aliphatic heterocycles. The molecular weight excluding hydrogens is 408 g/mol. The molecule has 168 valence electrons. The Morgan fingerprint density at radius 3 is 1.64 bits per heavy atom. The molecule has 0 aliphatic carbocycles. The fraction of sp³-hybridized carbons (Fsp3) is 0.200. The number of benzene rings is 4. The van der Waals surface area contributed by atoms with Crippen molar-refractivity contribution >= 4 is 0 Å². The number of hydrogen-bond acceptors (Lipinski definition) is 3. The van der Waals surface area contributed by atoms with E-state index in [0.29, 0.717) is 17.5 Å². The average molecular weight is 439 g/mol. The molecule has 0 bridgehead atoms. The lowest BCUT2D eigenvalue weighted by molar-refractivity contribution is 0.366. The van der Waals surface area contributed by atoms with Crippen molar-refractivity contribution in [2.75, 3.05) is 0 Å². The Hall–Kier alpha value is -3.72. The average Bonchev–Trinajstić information content (AvgIpc) is 2.86. The maximum atomic E-state index is 10.5. The van der Waals surface area contributed by atoms with Crippen molar-refractivity contribution in [1.29, 1.82) is 0 Å². The van der Waals surface area contributed by atoms with E-state index in [1.807, 2.05) is 42.5 Å². The van der Waals surface area contributed by atoms with Crippen LogP contribution in [0.5, 0.6) is 17.2 Å². The zero-order valence-corrected chi connectivity index (χ0v) is 18.7. The predicted octanol–water partition coefficient (Wildman–Crippen LogP) is 7.02. The van der Waals surface area contributed by atoms with Crippen LogP contribution in [0.1, 0.15) is 41.5 Å². The Morgan fingerprint density at radius 2 is 1.03 bits per heavy atom. The minimum Gasteiger partial charge on any atom is -0.504 e. The van der Waals surface area contributed by atoms with E-state index < -0.39 is 5.75 Å². The molecule has 4 rings (SSSR count). The van der Waals surface area contributed by atoms with Crippen molar-refractivity contribution in [1.82, 2.24) is 0 Å². The van der Waals surface area contributed by atoms with Gasteiger partial charge in [0, 0.05) is 17.5 Å². The standard InChI is InChI=1S/C30H30O3/c31-28-26(20-24-14-8-3-9-15-24)21-27(29(32)30(28)33)25-18-16-23(17-19-25)13-7-2-6-12-22-10-4-1-5-11-22/h1,3-5,8-11,14-19,21,31-33H,2,6-7,12-13,20H2. The van der Waals surface area contributed by atoms with Gasteiger partial charge in [0.25, 0.3) is 0 Å². The molecule has 0 saturated carbocycles. The first-order valence-electron chi connectivity index (χ1n) is 11.6. The second-order valence-electron chi connectivity index (χ2n) is 8.53. The van der Waals surface area contributed by atoms with Crippen LogP contribution in [0.3, 0.4) is 0 Å². The Balaban J connectivity index is 1.40. The second-order valence-corrected chi connectivity index (χ2v) is 8.53. The number of rotatable bonds is 9. The fourth-order valence-electron chi connectivity index (χ4n) is 4.20. The molecule has 0 fully saturated rings. The van der Waals surface area contributed by atoms with Crippen LogP contribution >= 0.6 is 0 Å². The maximum Gasteiger partial charge on any atom is 0.201 e. The third-order valence-corrected chi connectivity index (χ3v) is 6.10. The number of phenolic OH excluding ortho intramolecular Hbond substituents is 3. The van der Waals surface area contributed by atoms with E-state index in [0.717, 1.165) is 30.4 Å². The van der Waals surface area contributed by atoms with E-state index in [9.17, 15) is 15.3 Å². The minimum absolute atomic E-state index is 0.271. The molecule has 0 amide bonds. The highest BCUT2D eigenvalue weighted by Gasteiger charge is 2.18. The van der Waals surface area contributed by atoms with Gasteiger partial charge in [0.05, 0.1) is 0 Å². The first-order valence-corrected chi connectivity index (χ1v) is 11.6. The van der Waals surface area contributed by atoms with Crippen molar-refractivity contribution in [2.45, 2.75) is 38.5 Å². The molecule has 3 nitrogen and oxygen atoms in total. The largest absolute Gasteiger partial charge is 0.504 e. The molecule has 0 atom stereocenters. The summed E-state index contributed by atoms with van der Waals surface area (Å²) in [4.78, 5) is 0. The molecule has 0 saturated heterocycles. The molecule has 33 heavy (non-hydrogen) atoms. The van der Waals surface area contributed by atoms with Crippen molar-refractivity contribution in [3.63, 3.8) is 0 Å². The SMILES string of the molecule is Oc1c(Cc2ccccc2)cc(-c2ccc(CCCCCc3ccccc3)cc2)c(O)c1O. The molecule has 0 unspecified atom stereocenters. The summed E-state index contributed by atoms with van der Waals surface area (Å²) in [5.41, 5.74) is 5.58. The maximum absolute atomic E-state index is 10.5.